The number of benzene rings is 1. The van der Waals surface area contributed by atoms with Crippen LogP contribution in [0.25, 0.3) is 0 Å². The molecule has 19 heavy (non-hydrogen) atoms. The van der Waals surface area contributed by atoms with Gasteiger partial charge in [-0.1, -0.05) is 24.3 Å². The molecule has 5 nitrogen and oxygen atoms in total. The highest BCUT2D eigenvalue weighted by Gasteiger charge is 1.97. The molecule has 0 aliphatic heterocycles. The standard InChI is InChI=1S/C14H20N4O/c1-19-10-13-6-4-12(5-7-13)9-15-8-2-3-14-16-11-17-18-14/h4-7,11,15H,2-3,8-10H2,1H3,(H,16,17,18). The van der Waals surface area contributed by atoms with Crippen LogP contribution in [0.5, 0.6) is 0 Å². The fourth-order valence-corrected chi connectivity index (χ4v) is 1.88. The number of ether oxygens (including phenoxy) is 1. The van der Waals surface area contributed by atoms with Crippen LogP contribution in [-0.4, -0.2) is 28.8 Å². The smallest absolute Gasteiger partial charge is 0.137 e. The van der Waals surface area contributed by atoms with Crippen molar-refractivity contribution in [3.63, 3.8) is 0 Å². The number of rotatable bonds is 8. The van der Waals surface area contributed by atoms with E-state index < -0.39 is 0 Å². The predicted octanol–water partition coefficient (Wildman–Crippen LogP) is 1.67. The van der Waals surface area contributed by atoms with Crippen LogP contribution in [0, 0.1) is 0 Å². The van der Waals surface area contributed by atoms with Gasteiger partial charge in [0.25, 0.3) is 0 Å². The lowest BCUT2D eigenvalue weighted by molar-refractivity contribution is 0.185. The van der Waals surface area contributed by atoms with Gasteiger partial charge in [-0.05, 0) is 24.1 Å². The summed E-state index contributed by atoms with van der Waals surface area (Å²) < 4.78 is 5.09. The lowest BCUT2D eigenvalue weighted by Crippen LogP contribution is -2.15. The van der Waals surface area contributed by atoms with Gasteiger partial charge in [-0.2, -0.15) is 5.10 Å². The number of hydrogen-bond donors (Lipinski definition) is 2. The minimum atomic E-state index is 0.672. The summed E-state index contributed by atoms with van der Waals surface area (Å²) in [7, 11) is 1.71. The van der Waals surface area contributed by atoms with Crippen LogP contribution in [0.15, 0.2) is 30.6 Å². The van der Waals surface area contributed by atoms with Crippen molar-refractivity contribution in [2.24, 2.45) is 0 Å². The minimum Gasteiger partial charge on any atom is -0.380 e. The van der Waals surface area contributed by atoms with Crippen LogP contribution in [0.3, 0.4) is 0 Å². The van der Waals surface area contributed by atoms with Gasteiger partial charge < -0.3 is 10.1 Å². The third kappa shape index (κ3) is 4.81. The maximum Gasteiger partial charge on any atom is 0.137 e. The van der Waals surface area contributed by atoms with E-state index in [1.807, 2.05) is 0 Å². The van der Waals surface area contributed by atoms with Crippen molar-refractivity contribution in [2.45, 2.75) is 26.0 Å². The zero-order valence-corrected chi connectivity index (χ0v) is 11.2. The molecule has 2 rings (SSSR count). The van der Waals surface area contributed by atoms with Crippen molar-refractivity contribution < 1.29 is 4.74 Å². The summed E-state index contributed by atoms with van der Waals surface area (Å²) in [5.74, 6) is 0.950. The molecule has 0 saturated carbocycles. The van der Waals surface area contributed by atoms with Crippen molar-refractivity contribution in [1.29, 1.82) is 0 Å². The van der Waals surface area contributed by atoms with E-state index in [1.54, 1.807) is 13.4 Å². The van der Waals surface area contributed by atoms with E-state index in [4.69, 9.17) is 4.74 Å². The molecule has 0 aliphatic rings. The SMILES string of the molecule is COCc1ccc(CNCCCc2ncn[nH]2)cc1. The Morgan fingerprint density at radius 1 is 1.21 bits per heavy atom. The Labute approximate surface area is 113 Å². The molecule has 0 amide bonds. The molecule has 2 N–H and O–H groups in total. The van der Waals surface area contributed by atoms with Gasteiger partial charge in [-0.25, -0.2) is 4.98 Å². The lowest BCUT2D eigenvalue weighted by atomic mass is 10.1. The van der Waals surface area contributed by atoms with E-state index in [9.17, 15) is 0 Å². The maximum atomic E-state index is 5.09. The van der Waals surface area contributed by atoms with E-state index >= 15 is 0 Å². The summed E-state index contributed by atoms with van der Waals surface area (Å²) in [5.41, 5.74) is 2.50. The minimum absolute atomic E-state index is 0.672. The Morgan fingerprint density at radius 3 is 2.68 bits per heavy atom. The highest BCUT2D eigenvalue weighted by atomic mass is 16.5. The highest BCUT2D eigenvalue weighted by molar-refractivity contribution is 5.21. The van der Waals surface area contributed by atoms with Crippen molar-refractivity contribution in [3.05, 3.63) is 47.5 Å². The topological polar surface area (TPSA) is 62.8 Å². The largest absolute Gasteiger partial charge is 0.380 e. The zero-order valence-electron chi connectivity index (χ0n) is 11.2. The van der Waals surface area contributed by atoms with Crippen LogP contribution in [0.2, 0.25) is 0 Å². The number of nitrogens with one attached hydrogen (secondary N) is 2. The van der Waals surface area contributed by atoms with Gasteiger partial charge in [0.15, 0.2) is 0 Å². The number of hydrogen-bond acceptors (Lipinski definition) is 4. The number of nitrogens with zero attached hydrogens (tertiary/aromatic N) is 2. The van der Waals surface area contributed by atoms with E-state index in [-0.39, 0.29) is 0 Å². The number of aromatic nitrogens is 3. The number of H-pyrrole nitrogens is 1. The Balaban J connectivity index is 1.62. The second-order valence-electron chi connectivity index (χ2n) is 4.46. The maximum absolute atomic E-state index is 5.09. The van der Waals surface area contributed by atoms with Gasteiger partial charge in [-0.15, -0.1) is 0 Å². The van der Waals surface area contributed by atoms with Gasteiger partial charge in [0.05, 0.1) is 6.61 Å². The molecule has 0 spiro atoms. The first kappa shape index (κ1) is 13.7. The molecule has 2 aromatic rings. The van der Waals surface area contributed by atoms with E-state index in [2.05, 4.69) is 44.8 Å². The summed E-state index contributed by atoms with van der Waals surface area (Å²) in [6.45, 7) is 2.54. The monoisotopic (exact) mass is 260 g/mol. The molecule has 0 bridgehead atoms. The predicted molar refractivity (Wildman–Crippen MR) is 73.6 cm³/mol. The fraction of sp³-hybridized carbons (Fsp3) is 0.429. The Morgan fingerprint density at radius 2 is 2.00 bits per heavy atom. The normalized spacial score (nSPS) is 10.8. The lowest BCUT2D eigenvalue weighted by Gasteiger charge is -2.05. The highest BCUT2D eigenvalue weighted by Crippen LogP contribution is 2.05. The van der Waals surface area contributed by atoms with E-state index in [0.717, 1.165) is 31.8 Å². The first-order valence-electron chi connectivity index (χ1n) is 6.50. The first-order chi connectivity index (χ1) is 9.38. The summed E-state index contributed by atoms with van der Waals surface area (Å²) >= 11 is 0. The Hall–Kier alpha value is -1.72. The first-order valence-corrected chi connectivity index (χ1v) is 6.50. The molecule has 0 saturated heterocycles. The van der Waals surface area contributed by atoms with Crippen molar-refractivity contribution in [3.8, 4) is 0 Å². The van der Waals surface area contributed by atoms with Gasteiger partial charge in [0, 0.05) is 20.1 Å². The number of aryl methyl sites for hydroxylation is 1. The van der Waals surface area contributed by atoms with Crippen molar-refractivity contribution >= 4 is 0 Å². The average Bonchev–Trinajstić information content (AvgIpc) is 2.94. The number of aromatic amines is 1. The molecule has 0 unspecified atom stereocenters. The molecule has 0 radical (unpaired) electrons. The van der Waals surface area contributed by atoms with E-state index in [0.29, 0.717) is 6.61 Å². The van der Waals surface area contributed by atoms with E-state index in [1.165, 1.54) is 11.1 Å². The molecule has 102 valence electrons. The molecule has 0 fully saturated rings. The molecule has 5 heteroatoms. The van der Waals surface area contributed by atoms with Crippen LogP contribution in [0.1, 0.15) is 23.4 Å². The summed E-state index contributed by atoms with van der Waals surface area (Å²) in [6, 6.07) is 8.49. The Kier molecular flexibility index (Phi) is 5.52. The van der Waals surface area contributed by atoms with Gasteiger partial charge in [-0.3, -0.25) is 5.10 Å². The average molecular weight is 260 g/mol. The molecule has 0 atom stereocenters. The quantitative estimate of drug-likeness (QED) is 0.709. The van der Waals surface area contributed by atoms with Gasteiger partial charge in [0.2, 0.25) is 0 Å². The fourth-order valence-electron chi connectivity index (χ4n) is 1.88. The number of methoxy groups -OCH3 is 1. The van der Waals surface area contributed by atoms with Crippen LogP contribution in [0.4, 0.5) is 0 Å². The molecule has 1 heterocycles. The van der Waals surface area contributed by atoms with Crippen molar-refractivity contribution in [1.82, 2.24) is 20.5 Å². The molecular formula is C14H20N4O. The zero-order chi connectivity index (χ0) is 13.3. The summed E-state index contributed by atoms with van der Waals surface area (Å²) in [6.07, 6.45) is 3.53. The molecular weight excluding hydrogens is 240 g/mol. The third-order valence-electron chi connectivity index (χ3n) is 2.90. The van der Waals surface area contributed by atoms with Crippen LogP contribution < -0.4 is 5.32 Å². The van der Waals surface area contributed by atoms with Crippen LogP contribution >= 0.6 is 0 Å². The third-order valence-corrected chi connectivity index (χ3v) is 2.90. The summed E-state index contributed by atoms with van der Waals surface area (Å²) in [4.78, 5) is 4.09. The molecule has 1 aromatic carbocycles. The second-order valence-corrected chi connectivity index (χ2v) is 4.46. The second kappa shape index (κ2) is 7.66. The van der Waals surface area contributed by atoms with Crippen LogP contribution in [-0.2, 0) is 24.3 Å². The molecule has 0 aliphatic carbocycles. The summed E-state index contributed by atoms with van der Waals surface area (Å²) in [5, 5.41) is 10.1. The Bertz CT molecular complexity index is 453. The van der Waals surface area contributed by atoms with Crippen molar-refractivity contribution in [2.75, 3.05) is 13.7 Å². The van der Waals surface area contributed by atoms with Gasteiger partial charge >= 0.3 is 0 Å². The van der Waals surface area contributed by atoms with Gasteiger partial charge in [0.1, 0.15) is 12.2 Å². The molecule has 1 aromatic heterocycles.